The predicted octanol–water partition coefficient (Wildman–Crippen LogP) is 1.01. The number of aliphatic hydroxyl groups excluding tert-OH is 2. The van der Waals surface area contributed by atoms with Crippen molar-refractivity contribution in [3.05, 3.63) is 71.8 Å². The average molecular weight is 415 g/mol. The maximum Gasteiger partial charge on any atom is 0.338 e. The molecule has 3 N–H and O–H groups in total. The van der Waals surface area contributed by atoms with Gasteiger partial charge in [0.1, 0.15) is 31.0 Å². The van der Waals surface area contributed by atoms with E-state index in [1.807, 2.05) is 30.3 Å². The molecule has 1 aliphatic heterocycles. The molecule has 5 atom stereocenters. The van der Waals surface area contributed by atoms with Gasteiger partial charge in [-0.15, -0.1) is 0 Å². The third kappa shape index (κ3) is 5.64. The topological polar surface area (TPSA) is 114 Å². The molecule has 0 radical (unpaired) electrons. The molecule has 3 rings (SSSR count). The molecule has 8 nitrogen and oxygen atoms in total. The Balaban J connectivity index is 1.68. The first-order chi connectivity index (χ1) is 14.5. The van der Waals surface area contributed by atoms with Crippen molar-refractivity contribution in [1.29, 1.82) is 0 Å². The van der Waals surface area contributed by atoms with Gasteiger partial charge in [-0.2, -0.15) is 0 Å². The van der Waals surface area contributed by atoms with Crippen LogP contribution in [0.5, 0.6) is 0 Å². The molecule has 0 saturated carbocycles. The average Bonchev–Trinajstić information content (AvgIpc) is 2.75. The number of esters is 1. The molecule has 0 spiro atoms. The van der Waals surface area contributed by atoms with E-state index < -0.39 is 42.5 Å². The van der Waals surface area contributed by atoms with E-state index in [-0.39, 0.29) is 13.2 Å². The Labute approximate surface area is 174 Å². The number of benzene rings is 2. The van der Waals surface area contributed by atoms with Crippen LogP contribution in [0.15, 0.2) is 60.7 Å². The SMILES string of the molecule is CC(=O)NC1[C@H](O)OC(COC(=O)c2ccccc2)[C@H](O)[C@@H]1OCc1ccccc1. The molecule has 1 aliphatic rings. The highest BCUT2D eigenvalue weighted by atomic mass is 16.6. The summed E-state index contributed by atoms with van der Waals surface area (Å²) in [5.74, 6) is -0.983. The van der Waals surface area contributed by atoms with Gasteiger partial charge in [-0.3, -0.25) is 4.79 Å². The van der Waals surface area contributed by atoms with E-state index in [0.29, 0.717) is 5.56 Å². The molecular weight excluding hydrogens is 390 g/mol. The van der Waals surface area contributed by atoms with Crippen LogP contribution in [0.3, 0.4) is 0 Å². The van der Waals surface area contributed by atoms with Gasteiger partial charge in [0.25, 0.3) is 0 Å². The van der Waals surface area contributed by atoms with E-state index in [1.54, 1.807) is 30.3 Å². The summed E-state index contributed by atoms with van der Waals surface area (Å²) in [6.07, 6.45) is -4.70. The van der Waals surface area contributed by atoms with Crippen molar-refractivity contribution in [2.45, 2.75) is 44.2 Å². The molecule has 2 aromatic rings. The Bertz CT molecular complexity index is 830. The Morgan fingerprint density at radius 1 is 1.03 bits per heavy atom. The molecule has 1 saturated heterocycles. The Morgan fingerprint density at radius 3 is 2.30 bits per heavy atom. The maximum atomic E-state index is 12.2. The van der Waals surface area contributed by atoms with E-state index in [2.05, 4.69) is 5.32 Å². The summed E-state index contributed by atoms with van der Waals surface area (Å²) in [6.45, 7) is 1.16. The molecule has 0 bridgehead atoms. The normalized spacial score (nSPS) is 26.0. The van der Waals surface area contributed by atoms with Crippen LogP contribution in [0, 0.1) is 0 Å². The molecule has 2 aromatic carbocycles. The smallest absolute Gasteiger partial charge is 0.338 e. The standard InChI is InChI=1S/C22H25NO7/c1-14(24)23-18-20(28-12-15-8-4-2-5-9-15)19(25)17(30-22(18)27)13-29-21(26)16-10-6-3-7-11-16/h2-11,17-20,22,25,27H,12-13H2,1H3,(H,23,24)/t17?,18?,19-,20+,22+/m0/s1. The predicted molar refractivity (Wildman–Crippen MR) is 106 cm³/mol. The Hall–Kier alpha value is -2.78. The zero-order valence-corrected chi connectivity index (χ0v) is 16.5. The summed E-state index contributed by atoms with van der Waals surface area (Å²) in [7, 11) is 0. The van der Waals surface area contributed by atoms with Gasteiger partial charge in [0, 0.05) is 6.92 Å². The molecule has 2 unspecified atom stereocenters. The van der Waals surface area contributed by atoms with Crippen LogP contribution in [0.25, 0.3) is 0 Å². The zero-order valence-electron chi connectivity index (χ0n) is 16.5. The molecule has 1 fully saturated rings. The van der Waals surface area contributed by atoms with Crippen LogP contribution in [0.4, 0.5) is 0 Å². The second-order valence-corrected chi connectivity index (χ2v) is 7.01. The van der Waals surface area contributed by atoms with Crippen molar-refractivity contribution < 1.29 is 34.0 Å². The quantitative estimate of drug-likeness (QED) is 0.578. The number of nitrogens with one attached hydrogen (secondary N) is 1. The van der Waals surface area contributed by atoms with Gasteiger partial charge in [-0.1, -0.05) is 48.5 Å². The fourth-order valence-corrected chi connectivity index (χ4v) is 3.24. The number of carbonyl (C=O) groups is 2. The first-order valence-corrected chi connectivity index (χ1v) is 9.62. The third-order valence-corrected chi connectivity index (χ3v) is 4.74. The summed E-state index contributed by atoms with van der Waals surface area (Å²) in [5, 5.41) is 23.7. The van der Waals surface area contributed by atoms with Crippen LogP contribution < -0.4 is 5.32 Å². The monoisotopic (exact) mass is 415 g/mol. The van der Waals surface area contributed by atoms with Gasteiger partial charge in [-0.25, -0.2) is 4.79 Å². The summed E-state index contributed by atoms with van der Waals surface area (Å²) >= 11 is 0. The molecule has 160 valence electrons. The van der Waals surface area contributed by atoms with Crippen LogP contribution in [-0.4, -0.2) is 59.3 Å². The lowest BCUT2D eigenvalue weighted by atomic mass is 9.96. The summed E-state index contributed by atoms with van der Waals surface area (Å²) in [4.78, 5) is 23.7. The number of rotatable bonds is 7. The number of amides is 1. The fraction of sp³-hybridized carbons (Fsp3) is 0.364. The van der Waals surface area contributed by atoms with Crippen LogP contribution in [0.1, 0.15) is 22.8 Å². The van der Waals surface area contributed by atoms with Crippen molar-refractivity contribution in [3.63, 3.8) is 0 Å². The minimum absolute atomic E-state index is 0.155. The minimum atomic E-state index is -1.45. The third-order valence-electron chi connectivity index (χ3n) is 4.74. The Kier molecular flexibility index (Phi) is 7.53. The number of hydrogen-bond acceptors (Lipinski definition) is 7. The van der Waals surface area contributed by atoms with Crippen LogP contribution in [-0.2, 0) is 25.6 Å². The lowest BCUT2D eigenvalue weighted by Gasteiger charge is -2.42. The number of hydrogen-bond donors (Lipinski definition) is 3. The van der Waals surface area contributed by atoms with Crippen LogP contribution in [0.2, 0.25) is 0 Å². The minimum Gasteiger partial charge on any atom is -0.459 e. The first kappa shape index (κ1) is 21.9. The first-order valence-electron chi connectivity index (χ1n) is 9.62. The van der Waals surface area contributed by atoms with Gasteiger partial charge in [0.15, 0.2) is 6.29 Å². The molecule has 0 aliphatic carbocycles. The lowest BCUT2D eigenvalue weighted by Crippen LogP contribution is -2.64. The summed E-state index contributed by atoms with van der Waals surface area (Å²) in [5.41, 5.74) is 1.22. The van der Waals surface area contributed by atoms with Crippen molar-refractivity contribution in [2.24, 2.45) is 0 Å². The molecule has 8 heteroatoms. The van der Waals surface area contributed by atoms with Crippen molar-refractivity contribution in [3.8, 4) is 0 Å². The second-order valence-electron chi connectivity index (χ2n) is 7.01. The number of carbonyl (C=O) groups excluding carboxylic acids is 2. The fourth-order valence-electron chi connectivity index (χ4n) is 3.24. The largest absolute Gasteiger partial charge is 0.459 e. The highest BCUT2D eigenvalue weighted by molar-refractivity contribution is 5.89. The molecule has 1 amide bonds. The van der Waals surface area contributed by atoms with Gasteiger partial charge in [0.05, 0.1) is 12.2 Å². The van der Waals surface area contributed by atoms with E-state index in [0.717, 1.165) is 5.56 Å². The Morgan fingerprint density at radius 2 is 1.67 bits per heavy atom. The highest BCUT2D eigenvalue weighted by Crippen LogP contribution is 2.24. The van der Waals surface area contributed by atoms with E-state index >= 15 is 0 Å². The van der Waals surface area contributed by atoms with Crippen molar-refractivity contribution in [2.75, 3.05) is 6.61 Å². The van der Waals surface area contributed by atoms with E-state index in [9.17, 15) is 19.8 Å². The number of aliphatic hydroxyl groups is 2. The van der Waals surface area contributed by atoms with Crippen molar-refractivity contribution >= 4 is 11.9 Å². The molecule has 1 heterocycles. The van der Waals surface area contributed by atoms with Gasteiger partial charge in [-0.05, 0) is 17.7 Å². The number of ether oxygens (including phenoxy) is 3. The molecule has 0 aromatic heterocycles. The van der Waals surface area contributed by atoms with Gasteiger partial charge < -0.3 is 29.7 Å². The zero-order chi connectivity index (χ0) is 21.5. The molecule has 30 heavy (non-hydrogen) atoms. The maximum absolute atomic E-state index is 12.2. The van der Waals surface area contributed by atoms with Crippen molar-refractivity contribution in [1.82, 2.24) is 5.32 Å². The summed E-state index contributed by atoms with van der Waals surface area (Å²) in [6, 6.07) is 16.7. The van der Waals surface area contributed by atoms with Crippen LogP contribution >= 0.6 is 0 Å². The second kappa shape index (κ2) is 10.3. The van der Waals surface area contributed by atoms with Gasteiger partial charge in [0.2, 0.25) is 5.91 Å². The summed E-state index contributed by atoms with van der Waals surface area (Å²) < 4.78 is 16.5. The highest BCUT2D eigenvalue weighted by Gasteiger charge is 2.46. The van der Waals surface area contributed by atoms with E-state index in [4.69, 9.17) is 14.2 Å². The lowest BCUT2D eigenvalue weighted by molar-refractivity contribution is -0.263. The van der Waals surface area contributed by atoms with E-state index in [1.165, 1.54) is 6.92 Å². The van der Waals surface area contributed by atoms with Gasteiger partial charge >= 0.3 is 5.97 Å². The molecular formula is C22H25NO7.